The Balaban J connectivity index is 2.35. The van der Waals surface area contributed by atoms with Crippen molar-refractivity contribution in [1.29, 1.82) is 0 Å². The van der Waals surface area contributed by atoms with Crippen molar-refractivity contribution in [1.82, 2.24) is 25.0 Å². The quantitative estimate of drug-likeness (QED) is 0.759. The fourth-order valence-electron chi connectivity index (χ4n) is 1.38. The Bertz CT molecular complexity index is 480. The van der Waals surface area contributed by atoms with E-state index >= 15 is 0 Å². The molecule has 2 N–H and O–H groups in total. The molecule has 0 aliphatic carbocycles. The molecule has 1 atom stereocenters. The van der Waals surface area contributed by atoms with Crippen LogP contribution in [0.5, 0.6) is 0 Å². The zero-order valence-electron chi connectivity index (χ0n) is 9.25. The van der Waals surface area contributed by atoms with Crippen LogP contribution < -0.4 is 5.32 Å². The number of hydrogen-bond acceptors (Lipinski definition) is 6. The first kappa shape index (κ1) is 10.7. The highest BCUT2D eigenvalue weighted by molar-refractivity contribution is 5.81. The summed E-state index contributed by atoms with van der Waals surface area (Å²) in [6.07, 6.45) is 1.02. The molecular formula is C9H14N6O. The van der Waals surface area contributed by atoms with E-state index in [1.807, 2.05) is 6.92 Å². The molecule has 2 aromatic rings. The van der Waals surface area contributed by atoms with Gasteiger partial charge in [-0.1, -0.05) is 5.21 Å². The first-order chi connectivity index (χ1) is 7.72. The summed E-state index contributed by atoms with van der Waals surface area (Å²) in [5, 5.41) is 20.2. The van der Waals surface area contributed by atoms with Crippen molar-refractivity contribution in [3.05, 3.63) is 6.33 Å². The number of nitrogens with zero attached hydrogens (tertiary/aromatic N) is 5. The Morgan fingerprint density at radius 1 is 1.50 bits per heavy atom. The number of aliphatic hydroxyl groups excluding tert-OH is 1. The van der Waals surface area contributed by atoms with Crippen molar-refractivity contribution >= 4 is 17.0 Å². The third-order valence-corrected chi connectivity index (χ3v) is 2.16. The molecule has 0 aliphatic rings. The molecule has 2 heterocycles. The van der Waals surface area contributed by atoms with E-state index in [0.29, 0.717) is 30.1 Å². The molecule has 0 spiro atoms. The van der Waals surface area contributed by atoms with E-state index in [1.54, 1.807) is 11.6 Å². The molecule has 7 heteroatoms. The minimum atomic E-state index is -0.439. The molecule has 0 bridgehead atoms. The number of fused-ring (bicyclic) bond motifs is 1. The van der Waals surface area contributed by atoms with Crippen LogP contribution in [0.4, 0.5) is 5.82 Å². The highest BCUT2D eigenvalue weighted by Crippen LogP contribution is 2.15. The van der Waals surface area contributed by atoms with Crippen molar-refractivity contribution in [2.24, 2.45) is 0 Å². The van der Waals surface area contributed by atoms with E-state index in [-0.39, 0.29) is 0 Å². The minimum Gasteiger partial charge on any atom is -0.392 e. The van der Waals surface area contributed by atoms with Gasteiger partial charge in [-0.15, -0.1) is 5.10 Å². The molecule has 7 nitrogen and oxygen atoms in total. The zero-order valence-corrected chi connectivity index (χ0v) is 9.25. The van der Waals surface area contributed by atoms with Gasteiger partial charge in [-0.25, -0.2) is 14.6 Å². The van der Waals surface area contributed by atoms with Gasteiger partial charge in [0.1, 0.15) is 6.33 Å². The molecule has 0 saturated carbocycles. The third kappa shape index (κ3) is 1.94. The van der Waals surface area contributed by atoms with Gasteiger partial charge in [0, 0.05) is 13.1 Å². The Morgan fingerprint density at radius 3 is 3.00 bits per heavy atom. The lowest BCUT2D eigenvalue weighted by atomic mass is 10.4. The van der Waals surface area contributed by atoms with Gasteiger partial charge in [0.2, 0.25) is 0 Å². The fraction of sp³-hybridized carbons (Fsp3) is 0.556. The summed E-state index contributed by atoms with van der Waals surface area (Å²) >= 11 is 0. The average molecular weight is 222 g/mol. The Morgan fingerprint density at radius 2 is 2.31 bits per heavy atom. The normalized spacial score (nSPS) is 12.9. The summed E-state index contributed by atoms with van der Waals surface area (Å²) in [7, 11) is 0. The van der Waals surface area contributed by atoms with Crippen LogP contribution in [-0.2, 0) is 6.54 Å². The molecule has 0 saturated heterocycles. The molecule has 0 radical (unpaired) electrons. The average Bonchev–Trinajstić information content (AvgIpc) is 2.69. The number of hydrogen-bond donors (Lipinski definition) is 2. The number of aliphatic hydroxyl groups is 1. The standard InChI is InChI=1S/C9H14N6O/c1-3-15-9-7(13-14-15)8(11-5-12-9)10-4-6(2)16/h5-6,16H,3-4H2,1-2H3,(H,10,11,12). The fourth-order valence-corrected chi connectivity index (χ4v) is 1.38. The second kappa shape index (κ2) is 4.40. The number of aromatic nitrogens is 5. The molecule has 2 aromatic heterocycles. The summed E-state index contributed by atoms with van der Waals surface area (Å²) in [6, 6.07) is 0. The monoisotopic (exact) mass is 222 g/mol. The van der Waals surface area contributed by atoms with Gasteiger partial charge in [-0.3, -0.25) is 0 Å². The number of anilines is 1. The van der Waals surface area contributed by atoms with E-state index in [0.717, 1.165) is 0 Å². The van der Waals surface area contributed by atoms with E-state index in [9.17, 15) is 5.11 Å². The van der Waals surface area contributed by atoms with Gasteiger partial charge in [0.25, 0.3) is 0 Å². The van der Waals surface area contributed by atoms with Crippen molar-refractivity contribution in [3.8, 4) is 0 Å². The van der Waals surface area contributed by atoms with E-state index in [1.165, 1.54) is 6.33 Å². The molecule has 2 rings (SSSR count). The zero-order chi connectivity index (χ0) is 11.5. The molecule has 16 heavy (non-hydrogen) atoms. The highest BCUT2D eigenvalue weighted by Gasteiger charge is 2.10. The second-order valence-corrected chi connectivity index (χ2v) is 3.53. The highest BCUT2D eigenvalue weighted by atomic mass is 16.3. The number of rotatable bonds is 4. The maximum atomic E-state index is 9.19. The van der Waals surface area contributed by atoms with Crippen LogP contribution in [0.1, 0.15) is 13.8 Å². The summed E-state index contributed by atoms with van der Waals surface area (Å²) < 4.78 is 1.70. The first-order valence-corrected chi connectivity index (χ1v) is 5.18. The van der Waals surface area contributed by atoms with Crippen LogP contribution in [0.2, 0.25) is 0 Å². The van der Waals surface area contributed by atoms with Crippen molar-refractivity contribution in [3.63, 3.8) is 0 Å². The molecular weight excluding hydrogens is 208 g/mol. The minimum absolute atomic E-state index is 0.422. The Labute approximate surface area is 92.5 Å². The lowest BCUT2D eigenvalue weighted by Crippen LogP contribution is -2.16. The number of aryl methyl sites for hydroxylation is 1. The van der Waals surface area contributed by atoms with Crippen LogP contribution in [0, 0.1) is 0 Å². The second-order valence-electron chi connectivity index (χ2n) is 3.53. The number of nitrogens with one attached hydrogen (secondary N) is 1. The molecule has 0 fully saturated rings. The van der Waals surface area contributed by atoms with Gasteiger partial charge in [-0.2, -0.15) is 0 Å². The van der Waals surface area contributed by atoms with Gasteiger partial charge < -0.3 is 10.4 Å². The van der Waals surface area contributed by atoms with Crippen LogP contribution >= 0.6 is 0 Å². The molecule has 86 valence electrons. The Kier molecular flexibility index (Phi) is 2.95. The summed E-state index contributed by atoms with van der Waals surface area (Å²) in [5.41, 5.74) is 1.33. The maximum absolute atomic E-state index is 9.19. The first-order valence-electron chi connectivity index (χ1n) is 5.18. The predicted molar refractivity (Wildman–Crippen MR) is 59.0 cm³/mol. The van der Waals surface area contributed by atoms with Gasteiger partial charge >= 0.3 is 0 Å². The van der Waals surface area contributed by atoms with Gasteiger partial charge in [0.15, 0.2) is 17.0 Å². The van der Waals surface area contributed by atoms with E-state index in [4.69, 9.17) is 0 Å². The van der Waals surface area contributed by atoms with Crippen molar-refractivity contribution in [2.75, 3.05) is 11.9 Å². The molecule has 0 amide bonds. The lowest BCUT2D eigenvalue weighted by molar-refractivity contribution is 0.208. The third-order valence-electron chi connectivity index (χ3n) is 2.16. The maximum Gasteiger partial charge on any atom is 0.183 e. The van der Waals surface area contributed by atoms with Crippen LogP contribution in [0.3, 0.4) is 0 Å². The molecule has 0 aliphatic heterocycles. The van der Waals surface area contributed by atoms with E-state index in [2.05, 4.69) is 25.6 Å². The smallest absolute Gasteiger partial charge is 0.183 e. The largest absolute Gasteiger partial charge is 0.392 e. The summed E-state index contributed by atoms with van der Waals surface area (Å²) in [4.78, 5) is 8.20. The van der Waals surface area contributed by atoms with Crippen molar-refractivity contribution in [2.45, 2.75) is 26.5 Å². The predicted octanol–water partition coefficient (Wildman–Crippen LogP) is 0.0339. The molecule has 0 aromatic carbocycles. The summed E-state index contributed by atoms with van der Waals surface area (Å²) in [6.45, 7) is 4.81. The Hall–Kier alpha value is -1.76. The van der Waals surface area contributed by atoms with Crippen LogP contribution in [0.25, 0.3) is 11.2 Å². The topological polar surface area (TPSA) is 88.8 Å². The SMILES string of the molecule is CCn1nnc2c(NCC(C)O)ncnc21. The van der Waals surface area contributed by atoms with Crippen LogP contribution in [0.15, 0.2) is 6.33 Å². The molecule has 1 unspecified atom stereocenters. The summed E-state index contributed by atoms with van der Waals surface area (Å²) in [5.74, 6) is 0.602. The van der Waals surface area contributed by atoms with Gasteiger partial charge in [-0.05, 0) is 13.8 Å². The van der Waals surface area contributed by atoms with Crippen LogP contribution in [-0.4, -0.2) is 42.7 Å². The van der Waals surface area contributed by atoms with Gasteiger partial charge in [0.05, 0.1) is 6.10 Å². The lowest BCUT2D eigenvalue weighted by Gasteiger charge is -2.06. The van der Waals surface area contributed by atoms with E-state index < -0.39 is 6.10 Å². The van der Waals surface area contributed by atoms with Crippen molar-refractivity contribution < 1.29 is 5.11 Å².